The summed E-state index contributed by atoms with van der Waals surface area (Å²) in [6.07, 6.45) is 2.07. The molecule has 0 aromatic heterocycles. The average molecular weight is 423 g/mol. The Bertz CT molecular complexity index is 932. The molecular weight excluding hydrogens is 392 g/mol. The number of aryl methyl sites for hydroxylation is 1. The van der Waals surface area contributed by atoms with E-state index in [-0.39, 0.29) is 30.9 Å². The highest BCUT2D eigenvalue weighted by molar-refractivity contribution is 5.86. The third-order valence-corrected chi connectivity index (χ3v) is 6.52. The standard InChI is InChI=1S/C25H30N2O4/c1-25(13-7-11-19-10-5-6-12-21(19)25)17-26-23(29)22-14-20(28)15-27(22)24(30)31-16-18-8-3-2-4-9-18/h2-6,8-10,12,20,22,28H,7,11,13-17H2,1H3,(H,26,29)/t20-,22+,25?/m1/s1. The van der Waals surface area contributed by atoms with Gasteiger partial charge >= 0.3 is 6.09 Å². The van der Waals surface area contributed by atoms with Crippen molar-refractivity contribution >= 4 is 12.0 Å². The van der Waals surface area contributed by atoms with Crippen molar-refractivity contribution in [3.8, 4) is 0 Å². The van der Waals surface area contributed by atoms with Crippen LogP contribution in [0.1, 0.15) is 42.9 Å². The number of rotatable bonds is 5. The number of hydrogen-bond donors (Lipinski definition) is 2. The number of ether oxygens (including phenoxy) is 1. The lowest BCUT2D eigenvalue weighted by atomic mass is 9.71. The monoisotopic (exact) mass is 422 g/mol. The Labute approximate surface area is 183 Å². The van der Waals surface area contributed by atoms with Gasteiger partial charge in [0.2, 0.25) is 5.91 Å². The van der Waals surface area contributed by atoms with E-state index in [1.54, 1.807) is 0 Å². The molecule has 1 unspecified atom stereocenters. The Kier molecular flexibility index (Phi) is 6.28. The van der Waals surface area contributed by atoms with E-state index < -0.39 is 18.2 Å². The Morgan fingerprint density at radius 3 is 2.71 bits per heavy atom. The third kappa shape index (κ3) is 4.74. The number of nitrogens with zero attached hydrogens (tertiary/aromatic N) is 1. The first-order valence-electron chi connectivity index (χ1n) is 11.0. The molecule has 0 saturated carbocycles. The molecule has 1 fully saturated rings. The summed E-state index contributed by atoms with van der Waals surface area (Å²) < 4.78 is 5.40. The number of aliphatic hydroxyl groups excluding tert-OH is 1. The van der Waals surface area contributed by atoms with Gasteiger partial charge in [0, 0.05) is 18.4 Å². The highest BCUT2D eigenvalue weighted by Crippen LogP contribution is 2.36. The fourth-order valence-electron chi connectivity index (χ4n) is 4.78. The van der Waals surface area contributed by atoms with Crippen LogP contribution in [-0.2, 0) is 28.0 Å². The number of carbonyl (C=O) groups excluding carboxylic acids is 2. The maximum absolute atomic E-state index is 13.0. The Hall–Kier alpha value is -2.86. The molecule has 1 heterocycles. The van der Waals surface area contributed by atoms with Crippen molar-refractivity contribution < 1.29 is 19.4 Å². The largest absolute Gasteiger partial charge is 0.445 e. The third-order valence-electron chi connectivity index (χ3n) is 6.52. The molecule has 2 amide bonds. The van der Waals surface area contributed by atoms with Crippen LogP contribution >= 0.6 is 0 Å². The van der Waals surface area contributed by atoms with Gasteiger partial charge in [0.1, 0.15) is 12.6 Å². The molecule has 0 radical (unpaired) electrons. The van der Waals surface area contributed by atoms with Gasteiger partial charge in [-0.25, -0.2) is 4.79 Å². The highest BCUT2D eigenvalue weighted by atomic mass is 16.6. The quantitative estimate of drug-likeness (QED) is 0.776. The van der Waals surface area contributed by atoms with Crippen molar-refractivity contribution in [2.75, 3.05) is 13.1 Å². The zero-order valence-corrected chi connectivity index (χ0v) is 17.9. The van der Waals surface area contributed by atoms with Gasteiger partial charge in [-0.1, -0.05) is 61.5 Å². The van der Waals surface area contributed by atoms with Gasteiger partial charge in [-0.15, -0.1) is 0 Å². The average Bonchev–Trinajstić information content (AvgIpc) is 3.19. The number of hydrogen-bond acceptors (Lipinski definition) is 4. The fourth-order valence-corrected chi connectivity index (χ4v) is 4.78. The van der Waals surface area contributed by atoms with Crippen LogP contribution in [0.15, 0.2) is 54.6 Å². The van der Waals surface area contributed by atoms with Crippen LogP contribution in [0.2, 0.25) is 0 Å². The lowest BCUT2D eigenvalue weighted by molar-refractivity contribution is -0.125. The van der Waals surface area contributed by atoms with Gasteiger partial charge < -0.3 is 15.2 Å². The lowest BCUT2D eigenvalue weighted by Gasteiger charge is -2.36. The molecule has 1 aliphatic carbocycles. The van der Waals surface area contributed by atoms with Crippen LogP contribution < -0.4 is 5.32 Å². The summed E-state index contributed by atoms with van der Waals surface area (Å²) in [6.45, 7) is 2.92. The molecule has 2 N–H and O–H groups in total. The Morgan fingerprint density at radius 2 is 1.90 bits per heavy atom. The van der Waals surface area contributed by atoms with Crippen LogP contribution in [0.3, 0.4) is 0 Å². The summed E-state index contributed by atoms with van der Waals surface area (Å²) >= 11 is 0. The zero-order valence-electron chi connectivity index (χ0n) is 17.9. The van der Waals surface area contributed by atoms with Gasteiger partial charge in [-0.05, 0) is 36.0 Å². The van der Waals surface area contributed by atoms with E-state index in [2.05, 4.69) is 30.4 Å². The number of nitrogens with one attached hydrogen (secondary N) is 1. The second kappa shape index (κ2) is 9.10. The predicted octanol–water partition coefficient (Wildman–Crippen LogP) is 3.17. The number of likely N-dealkylation sites (tertiary alicyclic amines) is 1. The number of fused-ring (bicyclic) bond motifs is 1. The first kappa shape index (κ1) is 21.4. The maximum Gasteiger partial charge on any atom is 0.410 e. The van der Waals surface area contributed by atoms with Crippen molar-refractivity contribution in [1.82, 2.24) is 10.2 Å². The molecule has 6 nitrogen and oxygen atoms in total. The van der Waals surface area contributed by atoms with Crippen molar-refractivity contribution in [2.24, 2.45) is 0 Å². The maximum atomic E-state index is 13.0. The van der Waals surface area contributed by atoms with Gasteiger partial charge in [-0.3, -0.25) is 9.69 Å². The number of amides is 2. The van der Waals surface area contributed by atoms with E-state index >= 15 is 0 Å². The number of carbonyl (C=O) groups is 2. The normalized spacial score (nSPS) is 25.0. The SMILES string of the molecule is CC1(CNC(=O)[C@@H]2C[C@@H](O)CN2C(=O)OCc2ccccc2)CCCc2ccccc21. The van der Waals surface area contributed by atoms with Crippen LogP contribution in [0.25, 0.3) is 0 Å². The molecular formula is C25H30N2O4. The van der Waals surface area contributed by atoms with Crippen molar-refractivity contribution in [3.05, 3.63) is 71.3 Å². The topological polar surface area (TPSA) is 78.9 Å². The predicted molar refractivity (Wildman–Crippen MR) is 117 cm³/mol. The molecule has 2 aromatic carbocycles. The molecule has 2 aliphatic rings. The molecule has 31 heavy (non-hydrogen) atoms. The molecule has 3 atom stereocenters. The Balaban J connectivity index is 1.38. The zero-order chi connectivity index (χ0) is 21.8. The van der Waals surface area contributed by atoms with E-state index in [1.807, 2.05) is 36.4 Å². The minimum Gasteiger partial charge on any atom is -0.445 e. The molecule has 2 aromatic rings. The van der Waals surface area contributed by atoms with E-state index in [0.717, 1.165) is 24.8 Å². The second-order valence-electron chi connectivity index (χ2n) is 8.89. The fraction of sp³-hybridized carbons (Fsp3) is 0.440. The highest BCUT2D eigenvalue weighted by Gasteiger charge is 2.41. The minimum atomic E-state index is -0.731. The minimum absolute atomic E-state index is 0.103. The van der Waals surface area contributed by atoms with Crippen molar-refractivity contribution in [1.29, 1.82) is 0 Å². The van der Waals surface area contributed by atoms with Crippen LogP contribution in [0, 0.1) is 0 Å². The van der Waals surface area contributed by atoms with E-state index in [9.17, 15) is 14.7 Å². The van der Waals surface area contributed by atoms with E-state index in [1.165, 1.54) is 16.0 Å². The molecule has 1 saturated heterocycles. The molecule has 0 spiro atoms. The second-order valence-corrected chi connectivity index (χ2v) is 8.89. The van der Waals surface area contributed by atoms with Gasteiger partial charge in [0.05, 0.1) is 12.6 Å². The summed E-state index contributed by atoms with van der Waals surface area (Å²) in [5.74, 6) is -0.238. The van der Waals surface area contributed by atoms with E-state index in [0.29, 0.717) is 6.54 Å². The van der Waals surface area contributed by atoms with Gasteiger partial charge in [0.25, 0.3) is 0 Å². The van der Waals surface area contributed by atoms with Gasteiger partial charge in [0.15, 0.2) is 0 Å². The number of β-amino-alcohol motifs (C(OH)–C–C–N with tert-alkyl or cyclic N) is 1. The molecule has 1 aliphatic heterocycles. The number of benzene rings is 2. The molecule has 0 bridgehead atoms. The summed E-state index contributed by atoms with van der Waals surface area (Å²) in [4.78, 5) is 27.0. The summed E-state index contributed by atoms with van der Waals surface area (Å²) in [7, 11) is 0. The first-order valence-corrected chi connectivity index (χ1v) is 11.0. The Morgan fingerprint density at radius 1 is 1.16 bits per heavy atom. The lowest BCUT2D eigenvalue weighted by Crippen LogP contribution is -2.49. The van der Waals surface area contributed by atoms with E-state index in [4.69, 9.17) is 4.74 Å². The van der Waals surface area contributed by atoms with Crippen LogP contribution in [-0.4, -0.2) is 47.2 Å². The summed E-state index contributed by atoms with van der Waals surface area (Å²) in [5.41, 5.74) is 3.36. The molecule has 164 valence electrons. The first-order chi connectivity index (χ1) is 15.0. The summed E-state index contributed by atoms with van der Waals surface area (Å²) in [5, 5.41) is 13.2. The van der Waals surface area contributed by atoms with Crippen LogP contribution in [0.5, 0.6) is 0 Å². The van der Waals surface area contributed by atoms with Crippen molar-refractivity contribution in [2.45, 2.75) is 56.8 Å². The summed E-state index contributed by atoms with van der Waals surface area (Å²) in [6, 6.07) is 17.1. The number of aliphatic hydroxyl groups is 1. The van der Waals surface area contributed by atoms with Gasteiger partial charge in [-0.2, -0.15) is 0 Å². The smallest absolute Gasteiger partial charge is 0.410 e. The molecule has 6 heteroatoms. The van der Waals surface area contributed by atoms with Crippen LogP contribution in [0.4, 0.5) is 4.79 Å². The van der Waals surface area contributed by atoms with Crippen molar-refractivity contribution in [3.63, 3.8) is 0 Å². The molecule has 4 rings (SSSR count).